The van der Waals surface area contributed by atoms with Gasteiger partial charge < -0.3 is 10.1 Å². The number of benzene rings is 1. The van der Waals surface area contributed by atoms with E-state index in [9.17, 15) is 0 Å². The molecule has 1 N–H and O–H groups in total. The summed E-state index contributed by atoms with van der Waals surface area (Å²) >= 11 is 0. The number of hydrogen-bond acceptors (Lipinski definition) is 3. The minimum Gasteiger partial charge on any atom is -0.374 e. The topological polar surface area (TPSA) is 24.5 Å². The number of likely N-dealkylation sites (N-methyl/N-ethyl adjacent to an activating group) is 1. The molecule has 0 bridgehead atoms. The molecule has 1 aromatic carbocycles. The van der Waals surface area contributed by atoms with Crippen LogP contribution in [0.4, 0.5) is 0 Å². The Labute approximate surface area is 116 Å². The van der Waals surface area contributed by atoms with Gasteiger partial charge in [0.2, 0.25) is 0 Å². The van der Waals surface area contributed by atoms with Crippen LogP contribution in [0.3, 0.4) is 0 Å². The highest BCUT2D eigenvalue weighted by Gasteiger charge is 2.30. The van der Waals surface area contributed by atoms with Gasteiger partial charge in [0, 0.05) is 13.1 Å². The fourth-order valence-electron chi connectivity index (χ4n) is 2.69. The van der Waals surface area contributed by atoms with Gasteiger partial charge in [-0.2, -0.15) is 0 Å². The van der Waals surface area contributed by atoms with E-state index in [1.807, 2.05) is 0 Å². The molecule has 1 fully saturated rings. The first-order valence-electron chi connectivity index (χ1n) is 7.31. The zero-order chi connectivity index (χ0) is 13.7. The Kier molecular flexibility index (Phi) is 5.37. The normalized spacial score (nSPS) is 24.6. The van der Waals surface area contributed by atoms with Gasteiger partial charge in [-0.05, 0) is 32.5 Å². The third kappa shape index (κ3) is 3.78. The van der Waals surface area contributed by atoms with E-state index in [1.165, 1.54) is 11.1 Å². The van der Waals surface area contributed by atoms with Gasteiger partial charge in [-0.1, -0.05) is 36.8 Å². The molecule has 0 saturated carbocycles. The SMILES string of the molecule is CCCNCC1OCCN(C)C1c1ccc(C)cc1. The van der Waals surface area contributed by atoms with Crippen LogP contribution < -0.4 is 5.32 Å². The Morgan fingerprint density at radius 3 is 2.74 bits per heavy atom. The molecule has 106 valence electrons. The van der Waals surface area contributed by atoms with Gasteiger partial charge >= 0.3 is 0 Å². The second-order valence-corrected chi connectivity index (χ2v) is 5.45. The van der Waals surface area contributed by atoms with E-state index in [0.717, 1.165) is 32.7 Å². The van der Waals surface area contributed by atoms with Gasteiger partial charge in [-0.15, -0.1) is 0 Å². The van der Waals surface area contributed by atoms with Crippen molar-refractivity contribution < 1.29 is 4.74 Å². The Balaban J connectivity index is 2.09. The molecule has 3 nitrogen and oxygen atoms in total. The Hall–Kier alpha value is -0.900. The van der Waals surface area contributed by atoms with E-state index in [1.54, 1.807) is 0 Å². The van der Waals surface area contributed by atoms with Crippen molar-refractivity contribution in [1.29, 1.82) is 0 Å². The van der Waals surface area contributed by atoms with E-state index in [4.69, 9.17) is 4.74 Å². The predicted octanol–water partition coefficient (Wildman–Crippen LogP) is 2.37. The molecule has 1 heterocycles. The molecule has 1 aromatic rings. The highest BCUT2D eigenvalue weighted by atomic mass is 16.5. The van der Waals surface area contributed by atoms with Crippen LogP contribution in [0, 0.1) is 6.92 Å². The summed E-state index contributed by atoms with van der Waals surface area (Å²) in [5.74, 6) is 0. The van der Waals surface area contributed by atoms with Crippen molar-refractivity contribution in [3.63, 3.8) is 0 Å². The summed E-state index contributed by atoms with van der Waals surface area (Å²) in [5, 5.41) is 3.48. The molecule has 0 aliphatic carbocycles. The molecule has 2 rings (SSSR count). The summed E-state index contributed by atoms with van der Waals surface area (Å²) in [7, 11) is 2.19. The fraction of sp³-hybridized carbons (Fsp3) is 0.625. The van der Waals surface area contributed by atoms with Gasteiger partial charge in [0.15, 0.2) is 0 Å². The molecule has 1 saturated heterocycles. The van der Waals surface area contributed by atoms with Crippen LogP contribution in [0.25, 0.3) is 0 Å². The number of rotatable bonds is 5. The molecular formula is C16H26N2O. The lowest BCUT2D eigenvalue weighted by atomic mass is 9.97. The predicted molar refractivity (Wildman–Crippen MR) is 79.5 cm³/mol. The lowest BCUT2D eigenvalue weighted by Crippen LogP contribution is -2.47. The number of hydrogen-bond donors (Lipinski definition) is 1. The minimum atomic E-state index is 0.244. The second kappa shape index (κ2) is 7.04. The van der Waals surface area contributed by atoms with Crippen LogP contribution in [0.2, 0.25) is 0 Å². The van der Waals surface area contributed by atoms with Gasteiger partial charge in [0.1, 0.15) is 0 Å². The Morgan fingerprint density at radius 1 is 1.32 bits per heavy atom. The average molecular weight is 262 g/mol. The first-order valence-corrected chi connectivity index (χ1v) is 7.31. The highest BCUT2D eigenvalue weighted by molar-refractivity contribution is 5.25. The third-order valence-corrected chi connectivity index (χ3v) is 3.79. The molecule has 1 aliphatic rings. The van der Waals surface area contributed by atoms with Crippen molar-refractivity contribution in [3.05, 3.63) is 35.4 Å². The number of nitrogens with one attached hydrogen (secondary N) is 1. The molecule has 1 aliphatic heterocycles. The maximum Gasteiger partial charge on any atom is 0.0896 e. The monoisotopic (exact) mass is 262 g/mol. The Morgan fingerprint density at radius 2 is 2.05 bits per heavy atom. The number of ether oxygens (including phenoxy) is 1. The summed E-state index contributed by atoms with van der Waals surface area (Å²) in [5.41, 5.74) is 2.67. The van der Waals surface area contributed by atoms with Gasteiger partial charge in [-0.25, -0.2) is 0 Å². The highest BCUT2D eigenvalue weighted by Crippen LogP contribution is 2.28. The third-order valence-electron chi connectivity index (χ3n) is 3.79. The second-order valence-electron chi connectivity index (χ2n) is 5.45. The van der Waals surface area contributed by atoms with E-state index in [2.05, 4.69) is 55.4 Å². The smallest absolute Gasteiger partial charge is 0.0896 e. The summed E-state index contributed by atoms with van der Waals surface area (Å²) < 4.78 is 5.99. The van der Waals surface area contributed by atoms with Crippen molar-refractivity contribution in [2.24, 2.45) is 0 Å². The van der Waals surface area contributed by atoms with Crippen LogP contribution >= 0.6 is 0 Å². The van der Waals surface area contributed by atoms with Crippen LogP contribution in [0.5, 0.6) is 0 Å². The zero-order valence-electron chi connectivity index (χ0n) is 12.4. The van der Waals surface area contributed by atoms with E-state index < -0.39 is 0 Å². The van der Waals surface area contributed by atoms with Gasteiger partial charge in [-0.3, -0.25) is 4.90 Å². The largest absolute Gasteiger partial charge is 0.374 e. The van der Waals surface area contributed by atoms with Crippen LogP contribution in [-0.2, 0) is 4.74 Å². The van der Waals surface area contributed by atoms with E-state index in [-0.39, 0.29) is 6.10 Å². The van der Waals surface area contributed by atoms with Crippen LogP contribution in [0.15, 0.2) is 24.3 Å². The van der Waals surface area contributed by atoms with Crippen molar-refractivity contribution in [2.45, 2.75) is 32.4 Å². The summed E-state index contributed by atoms with van der Waals surface area (Å²) in [6.07, 6.45) is 1.41. The molecule has 0 aromatic heterocycles. The quantitative estimate of drug-likeness (QED) is 0.825. The number of nitrogens with zero attached hydrogens (tertiary/aromatic N) is 1. The summed E-state index contributed by atoms with van der Waals surface area (Å²) in [6.45, 7) is 8.14. The number of aryl methyl sites for hydroxylation is 1. The molecule has 19 heavy (non-hydrogen) atoms. The maximum atomic E-state index is 5.99. The van der Waals surface area contributed by atoms with Crippen molar-refractivity contribution in [1.82, 2.24) is 10.2 Å². The first kappa shape index (κ1) is 14.5. The van der Waals surface area contributed by atoms with Crippen molar-refractivity contribution in [2.75, 3.05) is 33.3 Å². The molecule has 0 radical (unpaired) electrons. The average Bonchev–Trinajstić information content (AvgIpc) is 2.41. The summed E-state index contributed by atoms with van der Waals surface area (Å²) in [4.78, 5) is 2.41. The van der Waals surface area contributed by atoms with Crippen LogP contribution in [-0.4, -0.2) is 44.3 Å². The van der Waals surface area contributed by atoms with Crippen molar-refractivity contribution >= 4 is 0 Å². The molecular weight excluding hydrogens is 236 g/mol. The molecule has 3 heteroatoms. The van der Waals surface area contributed by atoms with Gasteiger partial charge in [0.25, 0.3) is 0 Å². The molecule has 0 amide bonds. The first-order chi connectivity index (χ1) is 9.22. The maximum absolute atomic E-state index is 5.99. The van der Waals surface area contributed by atoms with E-state index in [0.29, 0.717) is 6.04 Å². The van der Waals surface area contributed by atoms with Crippen molar-refractivity contribution in [3.8, 4) is 0 Å². The minimum absolute atomic E-state index is 0.244. The van der Waals surface area contributed by atoms with E-state index >= 15 is 0 Å². The van der Waals surface area contributed by atoms with Gasteiger partial charge in [0.05, 0.1) is 18.8 Å². The lowest BCUT2D eigenvalue weighted by molar-refractivity contribution is -0.0612. The molecule has 2 atom stereocenters. The zero-order valence-corrected chi connectivity index (χ0v) is 12.4. The summed E-state index contributed by atoms with van der Waals surface area (Å²) in [6, 6.07) is 9.21. The molecule has 0 spiro atoms. The number of morpholine rings is 1. The van der Waals surface area contributed by atoms with Crippen LogP contribution in [0.1, 0.15) is 30.5 Å². The lowest BCUT2D eigenvalue weighted by Gasteiger charge is -2.39. The molecule has 2 unspecified atom stereocenters. The standard InChI is InChI=1S/C16H26N2O/c1-4-9-17-12-15-16(18(3)10-11-19-15)14-7-5-13(2)6-8-14/h5-8,15-17H,4,9-12H2,1-3H3. The Bertz CT molecular complexity index is 377. The fourth-order valence-corrected chi connectivity index (χ4v) is 2.69.